The molecule has 108 valence electrons. The molecular formula is C13H23N3O3. The smallest absolute Gasteiger partial charge is 0.222 e. The first-order valence-electron chi connectivity index (χ1n) is 6.34. The first kappa shape index (κ1) is 15.7. The number of ether oxygens (including phenoxy) is 1. The standard InChI is InChI=1S/C13H23N3O3/c1-10-11(7-14-16(10)3)5-6-13(18)15(2)8-12(17)9-19-4/h7,12,17H,5-6,8-9H2,1-4H3. The third-order valence-corrected chi connectivity index (χ3v) is 3.21. The zero-order valence-electron chi connectivity index (χ0n) is 12.1. The van der Waals surface area contributed by atoms with Crippen molar-refractivity contribution in [1.29, 1.82) is 0 Å². The molecule has 0 saturated carbocycles. The van der Waals surface area contributed by atoms with Crippen molar-refractivity contribution in [1.82, 2.24) is 14.7 Å². The molecule has 0 aliphatic heterocycles. The SMILES string of the molecule is COCC(O)CN(C)C(=O)CCc1cnn(C)c1C. The van der Waals surface area contributed by atoms with Crippen LogP contribution in [-0.2, 0) is 23.0 Å². The molecule has 0 aliphatic carbocycles. The van der Waals surface area contributed by atoms with Gasteiger partial charge in [0.25, 0.3) is 0 Å². The molecule has 1 heterocycles. The van der Waals surface area contributed by atoms with Crippen molar-refractivity contribution in [2.75, 3.05) is 27.3 Å². The second-order valence-corrected chi connectivity index (χ2v) is 4.76. The molecule has 0 radical (unpaired) electrons. The number of carbonyl (C=O) groups excluding carboxylic acids is 1. The van der Waals surface area contributed by atoms with E-state index in [-0.39, 0.29) is 12.5 Å². The van der Waals surface area contributed by atoms with E-state index in [2.05, 4.69) is 5.10 Å². The molecule has 6 nitrogen and oxygen atoms in total. The van der Waals surface area contributed by atoms with E-state index in [1.807, 2.05) is 14.0 Å². The molecule has 1 amide bonds. The number of likely N-dealkylation sites (N-methyl/N-ethyl adjacent to an activating group) is 1. The van der Waals surface area contributed by atoms with Gasteiger partial charge in [-0.3, -0.25) is 9.48 Å². The minimum Gasteiger partial charge on any atom is -0.389 e. The average Bonchev–Trinajstić information content (AvgIpc) is 2.67. The summed E-state index contributed by atoms with van der Waals surface area (Å²) in [4.78, 5) is 13.5. The van der Waals surface area contributed by atoms with Crippen LogP contribution >= 0.6 is 0 Å². The lowest BCUT2D eigenvalue weighted by molar-refractivity contribution is -0.131. The number of aliphatic hydroxyl groups excluding tert-OH is 1. The molecule has 0 aliphatic rings. The van der Waals surface area contributed by atoms with Crippen LogP contribution in [0.25, 0.3) is 0 Å². The molecule has 19 heavy (non-hydrogen) atoms. The van der Waals surface area contributed by atoms with E-state index < -0.39 is 6.10 Å². The Morgan fingerprint density at radius 1 is 1.63 bits per heavy atom. The predicted octanol–water partition coefficient (Wildman–Crippen LogP) is 0.127. The Morgan fingerprint density at radius 3 is 2.84 bits per heavy atom. The van der Waals surface area contributed by atoms with Crippen LogP contribution in [0, 0.1) is 6.92 Å². The molecule has 0 bridgehead atoms. The summed E-state index contributed by atoms with van der Waals surface area (Å²) in [7, 11) is 5.10. The Kier molecular flexibility index (Phi) is 5.98. The highest BCUT2D eigenvalue weighted by Crippen LogP contribution is 2.09. The van der Waals surface area contributed by atoms with E-state index >= 15 is 0 Å². The van der Waals surface area contributed by atoms with Gasteiger partial charge in [-0.05, 0) is 18.9 Å². The Hall–Kier alpha value is -1.40. The number of rotatable bonds is 7. The van der Waals surface area contributed by atoms with Crippen LogP contribution in [0.1, 0.15) is 17.7 Å². The summed E-state index contributed by atoms with van der Waals surface area (Å²) < 4.78 is 6.63. The second-order valence-electron chi connectivity index (χ2n) is 4.76. The van der Waals surface area contributed by atoms with Gasteiger partial charge in [0, 0.05) is 39.9 Å². The number of amides is 1. The monoisotopic (exact) mass is 269 g/mol. The zero-order chi connectivity index (χ0) is 14.4. The van der Waals surface area contributed by atoms with E-state index in [0.29, 0.717) is 19.4 Å². The summed E-state index contributed by atoms with van der Waals surface area (Å²) in [5.74, 6) is 0.0124. The number of aliphatic hydroxyl groups is 1. The van der Waals surface area contributed by atoms with Crippen molar-refractivity contribution in [2.24, 2.45) is 7.05 Å². The summed E-state index contributed by atoms with van der Waals surface area (Å²) >= 11 is 0. The molecule has 1 rings (SSSR count). The largest absolute Gasteiger partial charge is 0.389 e. The number of aryl methyl sites for hydroxylation is 2. The molecule has 1 aromatic heterocycles. The third-order valence-electron chi connectivity index (χ3n) is 3.21. The van der Waals surface area contributed by atoms with E-state index in [4.69, 9.17) is 4.74 Å². The number of carbonyl (C=O) groups is 1. The Morgan fingerprint density at radius 2 is 2.32 bits per heavy atom. The van der Waals surface area contributed by atoms with Gasteiger partial charge in [0.1, 0.15) is 0 Å². The van der Waals surface area contributed by atoms with Gasteiger partial charge in [-0.15, -0.1) is 0 Å². The molecule has 1 aromatic rings. The summed E-state index contributed by atoms with van der Waals surface area (Å²) in [6, 6.07) is 0. The van der Waals surface area contributed by atoms with E-state index in [1.54, 1.807) is 17.9 Å². The number of aromatic nitrogens is 2. The molecule has 1 N–H and O–H groups in total. The van der Waals surface area contributed by atoms with Crippen molar-refractivity contribution >= 4 is 5.91 Å². The van der Waals surface area contributed by atoms with Crippen LogP contribution in [-0.4, -0.2) is 59.1 Å². The van der Waals surface area contributed by atoms with Crippen LogP contribution < -0.4 is 0 Å². The van der Waals surface area contributed by atoms with E-state index in [9.17, 15) is 9.90 Å². The summed E-state index contributed by atoms with van der Waals surface area (Å²) in [5.41, 5.74) is 2.16. The number of methoxy groups -OCH3 is 1. The minimum atomic E-state index is -0.640. The van der Waals surface area contributed by atoms with Gasteiger partial charge in [0.15, 0.2) is 0 Å². The maximum Gasteiger partial charge on any atom is 0.222 e. The van der Waals surface area contributed by atoms with Gasteiger partial charge < -0.3 is 14.7 Å². The van der Waals surface area contributed by atoms with Gasteiger partial charge in [-0.25, -0.2) is 0 Å². The van der Waals surface area contributed by atoms with Crippen LogP contribution in [0.4, 0.5) is 0 Å². The van der Waals surface area contributed by atoms with Crippen LogP contribution in [0.15, 0.2) is 6.20 Å². The maximum atomic E-state index is 11.9. The Bertz CT molecular complexity index is 417. The first-order chi connectivity index (χ1) is 8.95. The summed E-state index contributed by atoms with van der Waals surface area (Å²) in [6.45, 7) is 2.51. The van der Waals surface area contributed by atoms with Crippen LogP contribution in [0.5, 0.6) is 0 Å². The van der Waals surface area contributed by atoms with Crippen LogP contribution in [0.3, 0.4) is 0 Å². The Balaban J connectivity index is 2.40. The summed E-state index contributed by atoms with van der Waals surface area (Å²) in [6.07, 6.45) is 2.24. The van der Waals surface area contributed by atoms with E-state index in [0.717, 1.165) is 11.3 Å². The fourth-order valence-electron chi connectivity index (χ4n) is 1.89. The normalized spacial score (nSPS) is 12.5. The van der Waals surface area contributed by atoms with Crippen LogP contribution in [0.2, 0.25) is 0 Å². The zero-order valence-corrected chi connectivity index (χ0v) is 12.1. The third kappa shape index (κ3) is 4.65. The molecule has 6 heteroatoms. The van der Waals surface area contributed by atoms with Gasteiger partial charge in [-0.2, -0.15) is 5.10 Å². The van der Waals surface area contributed by atoms with Gasteiger partial charge in [0.2, 0.25) is 5.91 Å². The predicted molar refractivity (Wildman–Crippen MR) is 71.8 cm³/mol. The van der Waals surface area contributed by atoms with Crippen molar-refractivity contribution in [2.45, 2.75) is 25.9 Å². The number of nitrogens with zero attached hydrogens (tertiary/aromatic N) is 3. The maximum absolute atomic E-state index is 11.9. The van der Waals surface area contributed by atoms with Gasteiger partial charge in [0.05, 0.1) is 18.9 Å². The van der Waals surface area contributed by atoms with Crippen molar-refractivity contribution in [3.8, 4) is 0 Å². The summed E-state index contributed by atoms with van der Waals surface area (Å²) in [5, 5.41) is 13.7. The van der Waals surface area contributed by atoms with E-state index in [1.165, 1.54) is 12.0 Å². The second kappa shape index (κ2) is 7.25. The van der Waals surface area contributed by atoms with Crippen molar-refractivity contribution in [3.63, 3.8) is 0 Å². The van der Waals surface area contributed by atoms with Crippen molar-refractivity contribution in [3.05, 3.63) is 17.5 Å². The highest BCUT2D eigenvalue weighted by Gasteiger charge is 2.14. The molecule has 1 unspecified atom stereocenters. The van der Waals surface area contributed by atoms with Crippen molar-refractivity contribution < 1.29 is 14.6 Å². The highest BCUT2D eigenvalue weighted by molar-refractivity contribution is 5.76. The van der Waals surface area contributed by atoms with Gasteiger partial charge >= 0.3 is 0 Å². The molecule has 0 spiro atoms. The topological polar surface area (TPSA) is 67.6 Å². The lowest BCUT2D eigenvalue weighted by Gasteiger charge is -2.20. The molecule has 0 saturated heterocycles. The Labute approximate surface area is 114 Å². The lowest BCUT2D eigenvalue weighted by atomic mass is 10.1. The molecule has 0 aromatic carbocycles. The fraction of sp³-hybridized carbons (Fsp3) is 0.692. The number of hydrogen-bond acceptors (Lipinski definition) is 4. The molecular weight excluding hydrogens is 246 g/mol. The fourth-order valence-corrected chi connectivity index (χ4v) is 1.89. The number of hydrogen-bond donors (Lipinski definition) is 1. The molecule has 0 fully saturated rings. The molecule has 1 atom stereocenters. The quantitative estimate of drug-likeness (QED) is 0.764. The average molecular weight is 269 g/mol. The lowest BCUT2D eigenvalue weighted by Crippen LogP contribution is -2.36. The van der Waals surface area contributed by atoms with Gasteiger partial charge in [-0.1, -0.05) is 0 Å². The first-order valence-corrected chi connectivity index (χ1v) is 6.34. The minimum absolute atomic E-state index is 0.0124. The highest BCUT2D eigenvalue weighted by atomic mass is 16.5.